The van der Waals surface area contributed by atoms with Crippen LogP contribution in [0.1, 0.15) is 71.1 Å². The second-order valence-electron chi connectivity index (χ2n) is 5.98. The fourth-order valence-corrected chi connectivity index (χ4v) is 3.70. The van der Waals surface area contributed by atoms with Crippen molar-refractivity contribution in [3.63, 3.8) is 0 Å². The molecule has 100 valence electrons. The summed E-state index contributed by atoms with van der Waals surface area (Å²) in [5.74, 6) is 0.760. The molecular formula is C15H28O2. The van der Waals surface area contributed by atoms with E-state index in [9.17, 15) is 5.11 Å². The van der Waals surface area contributed by atoms with Crippen molar-refractivity contribution in [1.82, 2.24) is 0 Å². The summed E-state index contributed by atoms with van der Waals surface area (Å²) >= 11 is 0. The molecule has 0 atom stereocenters. The molecule has 1 N–H and O–H groups in total. The molecule has 2 nitrogen and oxygen atoms in total. The first kappa shape index (κ1) is 13.4. The molecule has 2 aliphatic carbocycles. The average molecular weight is 240 g/mol. The number of hydrogen-bond acceptors (Lipinski definition) is 2. The molecule has 2 fully saturated rings. The minimum absolute atomic E-state index is 0.0723. The normalized spacial score (nSPS) is 36.0. The Morgan fingerprint density at radius 1 is 1.06 bits per heavy atom. The van der Waals surface area contributed by atoms with Gasteiger partial charge in [-0.3, -0.25) is 0 Å². The predicted octanol–water partition coefficient (Wildman–Crippen LogP) is 3.67. The van der Waals surface area contributed by atoms with E-state index in [0.29, 0.717) is 0 Å². The van der Waals surface area contributed by atoms with Gasteiger partial charge in [-0.15, -0.1) is 0 Å². The largest absolute Gasteiger partial charge is 0.393 e. The van der Waals surface area contributed by atoms with Crippen molar-refractivity contribution in [3.05, 3.63) is 0 Å². The Balaban J connectivity index is 2.00. The number of hydrogen-bond donors (Lipinski definition) is 1. The van der Waals surface area contributed by atoms with Gasteiger partial charge in [-0.05, 0) is 50.9 Å². The third-order valence-electron chi connectivity index (χ3n) is 4.74. The van der Waals surface area contributed by atoms with Gasteiger partial charge >= 0.3 is 0 Å². The van der Waals surface area contributed by atoms with Gasteiger partial charge in [0.05, 0.1) is 11.7 Å². The highest BCUT2D eigenvalue weighted by Crippen LogP contribution is 2.44. The first-order valence-corrected chi connectivity index (χ1v) is 7.59. The predicted molar refractivity (Wildman–Crippen MR) is 70.0 cm³/mol. The Labute approximate surface area is 106 Å². The zero-order chi connectivity index (χ0) is 12.1. The molecule has 0 aromatic rings. The number of ether oxygens (including phenoxy) is 1. The van der Waals surface area contributed by atoms with Crippen LogP contribution in [0.25, 0.3) is 0 Å². The van der Waals surface area contributed by atoms with E-state index in [4.69, 9.17) is 4.74 Å². The smallest absolute Gasteiger partial charge is 0.0712 e. The van der Waals surface area contributed by atoms with Crippen LogP contribution in [-0.2, 0) is 4.74 Å². The summed E-state index contributed by atoms with van der Waals surface area (Å²) in [6.45, 7) is 3.08. The molecule has 0 heterocycles. The Kier molecular flexibility index (Phi) is 4.87. The topological polar surface area (TPSA) is 29.5 Å². The van der Waals surface area contributed by atoms with Crippen LogP contribution in [0.2, 0.25) is 0 Å². The molecule has 2 heteroatoms. The molecule has 0 amide bonds. The summed E-state index contributed by atoms with van der Waals surface area (Å²) in [5, 5.41) is 9.71. The summed E-state index contributed by atoms with van der Waals surface area (Å²) in [6, 6.07) is 0. The molecular weight excluding hydrogens is 212 g/mol. The van der Waals surface area contributed by atoms with Crippen molar-refractivity contribution >= 4 is 0 Å². The van der Waals surface area contributed by atoms with E-state index >= 15 is 0 Å². The van der Waals surface area contributed by atoms with Gasteiger partial charge in [0.25, 0.3) is 0 Å². The van der Waals surface area contributed by atoms with Crippen molar-refractivity contribution in [1.29, 1.82) is 0 Å². The van der Waals surface area contributed by atoms with Gasteiger partial charge in [-0.1, -0.05) is 26.2 Å². The van der Waals surface area contributed by atoms with Gasteiger partial charge in [-0.2, -0.15) is 0 Å². The zero-order valence-electron chi connectivity index (χ0n) is 11.3. The maximum Gasteiger partial charge on any atom is 0.0712 e. The number of aliphatic hydroxyl groups is 1. The van der Waals surface area contributed by atoms with Crippen molar-refractivity contribution < 1.29 is 9.84 Å². The second-order valence-corrected chi connectivity index (χ2v) is 5.98. The van der Waals surface area contributed by atoms with E-state index in [1.54, 1.807) is 0 Å². The molecule has 2 aliphatic rings. The molecule has 2 saturated carbocycles. The lowest BCUT2D eigenvalue weighted by Gasteiger charge is -2.46. The maximum absolute atomic E-state index is 9.71. The van der Waals surface area contributed by atoms with Crippen molar-refractivity contribution in [2.45, 2.75) is 82.8 Å². The van der Waals surface area contributed by atoms with E-state index in [1.807, 2.05) is 0 Å². The summed E-state index contributed by atoms with van der Waals surface area (Å²) in [5.41, 5.74) is 0.121. The number of rotatable bonds is 4. The fraction of sp³-hybridized carbons (Fsp3) is 1.00. The molecule has 0 aromatic carbocycles. The minimum Gasteiger partial charge on any atom is -0.393 e. The SMILES string of the molecule is CCCOC1(C2CCCCC2)CCC(O)CC1. The van der Waals surface area contributed by atoms with E-state index in [0.717, 1.165) is 44.6 Å². The number of aliphatic hydroxyl groups excluding tert-OH is 1. The lowest BCUT2D eigenvalue weighted by atomic mass is 9.69. The molecule has 0 unspecified atom stereocenters. The Morgan fingerprint density at radius 2 is 1.71 bits per heavy atom. The van der Waals surface area contributed by atoms with Crippen molar-refractivity contribution in [2.75, 3.05) is 6.61 Å². The Hall–Kier alpha value is -0.0800. The highest BCUT2D eigenvalue weighted by atomic mass is 16.5. The van der Waals surface area contributed by atoms with Crippen molar-refractivity contribution in [3.8, 4) is 0 Å². The molecule has 0 saturated heterocycles. The quantitative estimate of drug-likeness (QED) is 0.812. The zero-order valence-corrected chi connectivity index (χ0v) is 11.3. The van der Waals surface area contributed by atoms with Crippen LogP contribution >= 0.6 is 0 Å². The van der Waals surface area contributed by atoms with Crippen LogP contribution in [0.4, 0.5) is 0 Å². The van der Waals surface area contributed by atoms with Crippen LogP contribution in [0.15, 0.2) is 0 Å². The van der Waals surface area contributed by atoms with Gasteiger partial charge in [-0.25, -0.2) is 0 Å². The Bertz CT molecular complexity index is 207. The first-order chi connectivity index (χ1) is 8.27. The second kappa shape index (κ2) is 6.19. The van der Waals surface area contributed by atoms with E-state index < -0.39 is 0 Å². The molecule has 0 aromatic heterocycles. The highest BCUT2D eigenvalue weighted by Gasteiger charge is 2.42. The van der Waals surface area contributed by atoms with Gasteiger partial charge in [0, 0.05) is 6.61 Å². The van der Waals surface area contributed by atoms with Crippen LogP contribution in [0.3, 0.4) is 0 Å². The first-order valence-electron chi connectivity index (χ1n) is 7.59. The third kappa shape index (κ3) is 3.23. The molecule has 17 heavy (non-hydrogen) atoms. The standard InChI is InChI=1S/C15H28O2/c1-2-12-17-15(10-8-14(16)9-11-15)13-6-4-3-5-7-13/h13-14,16H,2-12H2,1H3. The van der Waals surface area contributed by atoms with Crippen LogP contribution in [0, 0.1) is 5.92 Å². The summed E-state index contributed by atoms with van der Waals surface area (Å²) in [4.78, 5) is 0. The monoisotopic (exact) mass is 240 g/mol. The van der Waals surface area contributed by atoms with Gasteiger partial charge < -0.3 is 9.84 Å². The van der Waals surface area contributed by atoms with E-state index in [1.165, 1.54) is 32.1 Å². The van der Waals surface area contributed by atoms with Crippen LogP contribution < -0.4 is 0 Å². The maximum atomic E-state index is 9.71. The van der Waals surface area contributed by atoms with Gasteiger partial charge in [0.2, 0.25) is 0 Å². The summed E-state index contributed by atoms with van der Waals surface area (Å²) < 4.78 is 6.30. The summed E-state index contributed by atoms with van der Waals surface area (Å²) in [7, 11) is 0. The lowest BCUT2D eigenvalue weighted by molar-refractivity contribution is -0.132. The summed E-state index contributed by atoms with van der Waals surface area (Å²) in [6.07, 6.45) is 11.9. The van der Waals surface area contributed by atoms with Crippen molar-refractivity contribution in [2.24, 2.45) is 5.92 Å². The Morgan fingerprint density at radius 3 is 2.29 bits per heavy atom. The molecule has 0 radical (unpaired) electrons. The van der Waals surface area contributed by atoms with E-state index in [-0.39, 0.29) is 11.7 Å². The molecule has 0 aliphatic heterocycles. The third-order valence-corrected chi connectivity index (χ3v) is 4.74. The van der Waals surface area contributed by atoms with Gasteiger partial charge in [0.15, 0.2) is 0 Å². The molecule has 0 bridgehead atoms. The van der Waals surface area contributed by atoms with Crippen LogP contribution in [0.5, 0.6) is 0 Å². The molecule has 2 rings (SSSR count). The lowest BCUT2D eigenvalue weighted by Crippen LogP contribution is -2.46. The minimum atomic E-state index is -0.0723. The average Bonchev–Trinajstić information content (AvgIpc) is 2.40. The highest BCUT2D eigenvalue weighted by molar-refractivity contribution is 4.94. The van der Waals surface area contributed by atoms with Crippen LogP contribution in [-0.4, -0.2) is 23.4 Å². The molecule has 0 spiro atoms. The van der Waals surface area contributed by atoms with E-state index in [2.05, 4.69) is 6.92 Å². The fourth-order valence-electron chi connectivity index (χ4n) is 3.70. The van der Waals surface area contributed by atoms with Gasteiger partial charge in [0.1, 0.15) is 0 Å².